The van der Waals surface area contributed by atoms with Gasteiger partial charge in [-0.15, -0.1) is 0 Å². The van der Waals surface area contributed by atoms with E-state index in [1.54, 1.807) is 6.07 Å². The third-order valence-electron chi connectivity index (χ3n) is 8.45. The minimum Gasteiger partial charge on any atom is -0.361 e. The molecule has 0 saturated carbocycles. The van der Waals surface area contributed by atoms with E-state index in [0.717, 1.165) is 60.2 Å². The Morgan fingerprint density at radius 2 is 1.61 bits per heavy atom. The zero-order valence-electron chi connectivity index (χ0n) is 29.0. The third kappa shape index (κ3) is 8.70. The van der Waals surface area contributed by atoms with E-state index in [1.165, 1.54) is 17.3 Å². The molecular formula is C34H55FN4O3Si2. The van der Waals surface area contributed by atoms with Crippen molar-refractivity contribution in [2.45, 2.75) is 119 Å². The Labute approximate surface area is 265 Å². The average molecular weight is 643 g/mol. The first kappa shape index (κ1) is 34.6. The summed E-state index contributed by atoms with van der Waals surface area (Å²) in [6.07, 6.45) is 2.92. The van der Waals surface area contributed by atoms with Gasteiger partial charge in [0, 0.05) is 51.4 Å². The first-order valence-electron chi connectivity index (χ1n) is 16.1. The van der Waals surface area contributed by atoms with E-state index < -0.39 is 27.4 Å². The van der Waals surface area contributed by atoms with Crippen LogP contribution in [0.5, 0.6) is 0 Å². The van der Waals surface area contributed by atoms with Gasteiger partial charge in [0.25, 0.3) is 0 Å². The normalized spacial score (nSPS) is 15.5. The summed E-state index contributed by atoms with van der Waals surface area (Å²) in [5.41, 5.74) is 4.80. The zero-order chi connectivity index (χ0) is 32.7. The van der Waals surface area contributed by atoms with Gasteiger partial charge in [-0.1, -0.05) is 73.9 Å². The smallest absolute Gasteiger partial charge is 0.229 e. The van der Waals surface area contributed by atoms with Crippen molar-refractivity contribution >= 4 is 38.6 Å². The van der Waals surface area contributed by atoms with Gasteiger partial charge in [-0.2, -0.15) is 5.10 Å². The van der Waals surface area contributed by atoms with Gasteiger partial charge >= 0.3 is 0 Å². The summed E-state index contributed by atoms with van der Waals surface area (Å²) in [4.78, 5) is 12.8. The second-order valence-corrected chi connectivity index (χ2v) is 28.1. The second kappa shape index (κ2) is 12.8. The molecule has 0 spiro atoms. The summed E-state index contributed by atoms with van der Waals surface area (Å²) >= 11 is 0. The number of ether oxygens (including phenoxy) is 2. The standard InChI is InChI=1S/C34H55FN4O3Si2/c1-33(2,3)32(40)36-27-20-28-24(18-26(27)35)19-29(38(28)22-41-14-16-43(6,7)8)31-25-12-13-34(4,5)21-30(25)39(37-31)23-42-15-17-44(9,10)11/h18-20H,12-17,21-23H2,1-11H3,(H,36,40). The highest BCUT2D eigenvalue weighted by molar-refractivity contribution is 6.76. The van der Waals surface area contributed by atoms with Crippen molar-refractivity contribution in [2.24, 2.45) is 10.8 Å². The molecule has 0 fully saturated rings. The minimum atomic E-state index is -1.28. The molecule has 1 aliphatic rings. The SMILES string of the molecule is CC1(C)CCc2c(-c3cc4cc(F)c(NC(=O)C(C)(C)C)cc4n3COCC[Si](C)(C)C)nn(COCC[Si](C)(C)C)c2C1. The van der Waals surface area contributed by atoms with Crippen molar-refractivity contribution in [1.29, 1.82) is 0 Å². The Hall–Kier alpha value is -2.28. The van der Waals surface area contributed by atoms with Gasteiger partial charge in [0.1, 0.15) is 25.0 Å². The average Bonchev–Trinajstić information content (AvgIpc) is 3.39. The van der Waals surface area contributed by atoms with E-state index in [4.69, 9.17) is 14.6 Å². The summed E-state index contributed by atoms with van der Waals surface area (Å²) in [6.45, 7) is 26.3. The Bertz CT molecular complexity index is 1490. The number of rotatable bonds is 12. The van der Waals surface area contributed by atoms with Crippen LogP contribution < -0.4 is 5.32 Å². The van der Waals surface area contributed by atoms with Crippen LogP contribution in [0.4, 0.5) is 10.1 Å². The van der Waals surface area contributed by atoms with E-state index in [1.807, 2.05) is 26.8 Å². The topological polar surface area (TPSA) is 70.3 Å². The van der Waals surface area contributed by atoms with Crippen molar-refractivity contribution in [1.82, 2.24) is 14.3 Å². The Kier molecular flexibility index (Phi) is 10.1. The highest BCUT2D eigenvalue weighted by atomic mass is 28.3. The van der Waals surface area contributed by atoms with Crippen LogP contribution in [0.25, 0.3) is 22.3 Å². The Balaban J connectivity index is 1.78. The van der Waals surface area contributed by atoms with Crippen LogP contribution in [0.2, 0.25) is 51.4 Å². The molecule has 44 heavy (non-hydrogen) atoms. The number of nitrogens with zero attached hydrogens (tertiary/aromatic N) is 3. The summed E-state index contributed by atoms with van der Waals surface area (Å²) in [6, 6.07) is 7.44. The number of nitrogens with one attached hydrogen (secondary N) is 1. The van der Waals surface area contributed by atoms with Gasteiger partial charge in [-0.25, -0.2) is 9.07 Å². The number of carbonyl (C=O) groups excluding carboxylic acids is 1. The molecule has 0 unspecified atom stereocenters. The third-order valence-corrected chi connectivity index (χ3v) is 11.9. The van der Waals surface area contributed by atoms with Crippen LogP contribution in [-0.2, 0) is 40.6 Å². The lowest BCUT2D eigenvalue weighted by atomic mass is 9.76. The maximum absolute atomic E-state index is 15.4. The predicted molar refractivity (Wildman–Crippen MR) is 185 cm³/mol. The van der Waals surface area contributed by atoms with E-state index in [-0.39, 0.29) is 17.0 Å². The molecule has 10 heteroatoms. The van der Waals surface area contributed by atoms with Gasteiger partial charge in [0.15, 0.2) is 0 Å². The molecule has 3 aromatic rings. The van der Waals surface area contributed by atoms with Crippen LogP contribution in [0.15, 0.2) is 18.2 Å². The van der Waals surface area contributed by atoms with Crippen molar-refractivity contribution < 1.29 is 18.7 Å². The van der Waals surface area contributed by atoms with Gasteiger partial charge < -0.3 is 19.4 Å². The maximum Gasteiger partial charge on any atom is 0.229 e. The Morgan fingerprint density at radius 3 is 2.20 bits per heavy atom. The molecular weight excluding hydrogens is 588 g/mol. The molecule has 1 aliphatic carbocycles. The largest absolute Gasteiger partial charge is 0.361 e. The predicted octanol–water partition coefficient (Wildman–Crippen LogP) is 8.77. The molecule has 1 amide bonds. The Morgan fingerprint density at radius 1 is 1.00 bits per heavy atom. The number of fused-ring (bicyclic) bond motifs is 2. The van der Waals surface area contributed by atoms with Crippen LogP contribution >= 0.6 is 0 Å². The molecule has 1 N–H and O–H groups in total. The number of anilines is 1. The molecule has 0 atom stereocenters. The molecule has 0 aliphatic heterocycles. The number of aromatic nitrogens is 3. The fraction of sp³-hybridized carbons (Fsp3) is 0.647. The summed E-state index contributed by atoms with van der Waals surface area (Å²) < 4.78 is 32.0. The molecule has 0 radical (unpaired) electrons. The lowest BCUT2D eigenvalue weighted by Crippen LogP contribution is -2.28. The number of hydrogen-bond donors (Lipinski definition) is 1. The fourth-order valence-electron chi connectivity index (χ4n) is 5.40. The van der Waals surface area contributed by atoms with E-state index in [9.17, 15) is 4.79 Å². The van der Waals surface area contributed by atoms with E-state index in [2.05, 4.69) is 67.7 Å². The van der Waals surface area contributed by atoms with Crippen LogP contribution in [0.1, 0.15) is 52.3 Å². The summed E-state index contributed by atoms with van der Waals surface area (Å²) in [5, 5.41) is 8.75. The molecule has 1 aromatic carbocycles. The van der Waals surface area contributed by atoms with E-state index >= 15 is 4.39 Å². The molecule has 7 nitrogen and oxygen atoms in total. The van der Waals surface area contributed by atoms with Gasteiger partial charge in [-0.3, -0.25) is 4.79 Å². The van der Waals surface area contributed by atoms with Gasteiger partial charge in [0.2, 0.25) is 5.91 Å². The first-order valence-corrected chi connectivity index (χ1v) is 23.5. The van der Waals surface area contributed by atoms with Crippen molar-refractivity contribution in [2.75, 3.05) is 18.5 Å². The van der Waals surface area contributed by atoms with E-state index in [0.29, 0.717) is 20.1 Å². The zero-order valence-corrected chi connectivity index (χ0v) is 31.0. The molecule has 0 bridgehead atoms. The first-order chi connectivity index (χ1) is 20.2. The lowest BCUT2D eigenvalue weighted by molar-refractivity contribution is -0.123. The molecule has 244 valence electrons. The fourth-order valence-corrected chi connectivity index (χ4v) is 6.91. The van der Waals surface area contributed by atoms with Crippen molar-refractivity contribution in [3.8, 4) is 11.4 Å². The van der Waals surface area contributed by atoms with Crippen LogP contribution in [-0.4, -0.2) is 49.6 Å². The van der Waals surface area contributed by atoms with Crippen molar-refractivity contribution in [3.05, 3.63) is 35.3 Å². The number of amides is 1. The quantitative estimate of drug-likeness (QED) is 0.158. The van der Waals surface area contributed by atoms with Crippen LogP contribution in [0, 0.1) is 16.6 Å². The monoisotopic (exact) mass is 642 g/mol. The molecule has 0 saturated heterocycles. The molecule has 2 aromatic heterocycles. The number of hydrogen-bond acceptors (Lipinski definition) is 4. The maximum atomic E-state index is 15.4. The number of carbonyl (C=O) groups is 1. The van der Waals surface area contributed by atoms with Crippen LogP contribution in [0.3, 0.4) is 0 Å². The van der Waals surface area contributed by atoms with Crippen molar-refractivity contribution in [3.63, 3.8) is 0 Å². The highest BCUT2D eigenvalue weighted by Crippen LogP contribution is 2.41. The number of benzene rings is 1. The molecule has 4 rings (SSSR count). The molecule has 2 heterocycles. The van der Waals surface area contributed by atoms with Gasteiger partial charge in [0.05, 0.1) is 16.9 Å². The van der Waals surface area contributed by atoms with Gasteiger partial charge in [-0.05, 0) is 55.0 Å². The lowest BCUT2D eigenvalue weighted by Gasteiger charge is -2.30. The summed E-state index contributed by atoms with van der Waals surface area (Å²) in [7, 11) is -2.49. The summed E-state index contributed by atoms with van der Waals surface area (Å²) in [5.74, 6) is -0.687. The highest BCUT2D eigenvalue weighted by Gasteiger charge is 2.33. The number of halogens is 1. The second-order valence-electron chi connectivity index (χ2n) is 16.9. The minimum absolute atomic E-state index is 0.176.